The van der Waals surface area contributed by atoms with E-state index in [2.05, 4.69) is 10.6 Å². The Morgan fingerprint density at radius 2 is 1.43 bits per heavy atom. The van der Waals surface area contributed by atoms with Crippen LogP contribution in [0.1, 0.15) is 77.6 Å². The van der Waals surface area contributed by atoms with E-state index in [1.165, 1.54) is 0 Å². The van der Waals surface area contributed by atoms with E-state index >= 15 is 0 Å². The standard InChI is InChI=1S/C30H56N8O13/c1-2-3-4-9-19(41)16-23(42)38(51)15-7-10-20(32)26(44)36-24(25(43)30(48)49)29(47)35-22(17-39)28(46)34-21(11-8-14-37(50)18-40)27(45)33-13-6-5-12-31/h18-22,24-25,39,41,43,50-51H,2-17,31-32H2,1H3,(H,33,45)(H,34,46)(H,35,47)(H,36,44)(H,48,49)/t19-,20+,21-,22+,24+,25+/m0/s1. The van der Waals surface area contributed by atoms with Gasteiger partial charge in [-0.05, 0) is 51.5 Å². The maximum atomic E-state index is 13.0. The lowest BCUT2D eigenvalue weighted by molar-refractivity contribution is -0.167. The second-order valence-electron chi connectivity index (χ2n) is 11.9. The zero-order valence-corrected chi connectivity index (χ0v) is 28.9. The van der Waals surface area contributed by atoms with Crippen LogP contribution in [0, 0.1) is 0 Å². The van der Waals surface area contributed by atoms with Crippen LogP contribution in [0.3, 0.4) is 0 Å². The highest BCUT2D eigenvalue weighted by Crippen LogP contribution is 2.09. The predicted octanol–water partition coefficient (Wildman–Crippen LogP) is -3.98. The van der Waals surface area contributed by atoms with Gasteiger partial charge in [0.2, 0.25) is 35.9 Å². The lowest BCUT2D eigenvalue weighted by Crippen LogP contribution is -2.62. The number of nitrogens with zero attached hydrogens (tertiary/aromatic N) is 2. The second kappa shape index (κ2) is 26.8. The highest BCUT2D eigenvalue weighted by atomic mass is 16.5. The zero-order valence-electron chi connectivity index (χ0n) is 28.9. The van der Waals surface area contributed by atoms with Gasteiger partial charge in [0.25, 0.3) is 0 Å². The summed E-state index contributed by atoms with van der Waals surface area (Å²) in [7, 11) is 0. The quantitative estimate of drug-likeness (QED) is 0.0151. The van der Waals surface area contributed by atoms with Crippen LogP contribution >= 0.6 is 0 Å². The van der Waals surface area contributed by atoms with Gasteiger partial charge in [-0.25, -0.2) is 14.9 Å². The Morgan fingerprint density at radius 3 is 2.02 bits per heavy atom. The van der Waals surface area contributed by atoms with Crippen LogP contribution in [0.5, 0.6) is 0 Å². The highest BCUT2D eigenvalue weighted by Gasteiger charge is 2.37. The molecule has 0 spiro atoms. The Morgan fingerprint density at radius 1 is 0.784 bits per heavy atom. The summed E-state index contributed by atoms with van der Waals surface area (Å²) >= 11 is 0. The summed E-state index contributed by atoms with van der Waals surface area (Å²) in [5, 5.41) is 68.3. The minimum Gasteiger partial charge on any atom is -0.479 e. The maximum Gasteiger partial charge on any atom is 0.335 e. The third-order valence-corrected chi connectivity index (χ3v) is 7.59. The number of carbonyl (C=O) groups is 7. The van der Waals surface area contributed by atoms with Gasteiger partial charge in [0.1, 0.15) is 18.1 Å². The number of aliphatic hydroxyl groups excluding tert-OH is 3. The largest absolute Gasteiger partial charge is 0.479 e. The smallest absolute Gasteiger partial charge is 0.335 e. The molecule has 21 nitrogen and oxygen atoms in total. The van der Waals surface area contributed by atoms with Crippen molar-refractivity contribution in [3.63, 3.8) is 0 Å². The van der Waals surface area contributed by atoms with Crippen LogP contribution in [-0.4, -0.2) is 152 Å². The van der Waals surface area contributed by atoms with Crippen molar-refractivity contribution in [2.45, 2.75) is 114 Å². The fraction of sp³-hybridized carbons (Fsp3) is 0.767. The van der Waals surface area contributed by atoms with Gasteiger partial charge in [-0.1, -0.05) is 26.2 Å². The molecule has 0 radical (unpaired) electrons. The Labute approximate surface area is 296 Å². The molecule has 0 unspecified atom stereocenters. The van der Waals surface area contributed by atoms with Gasteiger partial charge in [0, 0.05) is 19.6 Å². The molecule has 0 aliphatic rings. The van der Waals surface area contributed by atoms with E-state index in [9.17, 15) is 64.4 Å². The van der Waals surface area contributed by atoms with Gasteiger partial charge in [-0.3, -0.25) is 39.2 Å². The van der Waals surface area contributed by atoms with Crippen molar-refractivity contribution >= 4 is 41.9 Å². The van der Waals surface area contributed by atoms with Crippen LogP contribution < -0.4 is 32.7 Å². The number of hydrogen-bond donors (Lipinski definition) is 12. The molecule has 0 saturated heterocycles. The van der Waals surface area contributed by atoms with Gasteiger partial charge < -0.3 is 53.2 Å². The molecule has 0 aromatic carbocycles. The predicted molar refractivity (Wildman–Crippen MR) is 177 cm³/mol. The number of nitrogens with two attached hydrogens (primary N) is 2. The van der Waals surface area contributed by atoms with E-state index in [1.54, 1.807) is 0 Å². The molecule has 0 saturated carbocycles. The fourth-order valence-corrected chi connectivity index (χ4v) is 4.56. The first-order valence-corrected chi connectivity index (χ1v) is 16.9. The summed E-state index contributed by atoms with van der Waals surface area (Å²) in [5.74, 6) is -6.96. The molecule has 51 heavy (non-hydrogen) atoms. The normalized spacial score (nSPS) is 14.5. The number of rotatable bonds is 29. The average Bonchev–Trinajstić information content (AvgIpc) is 3.09. The lowest BCUT2D eigenvalue weighted by atomic mass is 10.1. The summed E-state index contributed by atoms with van der Waals surface area (Å²) < 4.78 is 0. The van der Waals surface area contributed by atoms with Crippen molar-refractivity contribution in [2.75, 3.05) is 32.8 Å². The molecule has 6 amide bonds. The number of aliphatic carboxylic acids is 1. The first kappa shape index (κ1) is 47.0. The van der Waals surface area contributed by atoms with Gasteiger partial charge in [0.15, 0.2) is 6.10 Å². The van der Waals surface area contributed by atoms with E-state index in [-0.39, 0.29) is 58.1 Å². The summed E-state index contributed by atoms with van der Waals surface area (Å²) in [6.45, 7) is 1.06. The molecule has 294 valence electrons. The van der Waals surface area contributed by atoms with E-state index in [1.807, 2.05) is 17.6 Å². The van der Waals surface area contributed by atoms with E-state index in [0.717, 1.165) is 12.8 Å². The summed E-state index contributed by atoms with van der Waals surface area (Å²) in [5.41, 5.74) is 11.3. The summed E-state index contributed by atoms with van der Waals surface area (Å²) in [4.78, 5) is 85.9. The second-order valence-corrected chi connectivity index (χ2v) is 11.9. The number of hydroxylamine groups is 4. The zero-order chi connectivity index (χ0) is 38.9. The molecule has 0 aromatic heterocycles. The molecule has 0 aliphatic carbocycles. The first-order chi connectivity index (χ1) is 24.1. The Kier molecular flexibility index (Phi) is 24.7. The summed E-state index contributed by atoms with van der Waals surface area (Å²) in [6.07, 6.45) is 0.153. The monoisotopic (exact) mass is 736 g/mol. The molecule has 14 N–H and O–H groups in total. The number of aliphatic hydroxyl groups is 3. The maximum absolute atomic E-state index is 13.0. The molecule has 0 rings (SSSR count). The average molecular weight is 737 g/mol. The van der Waals surface area contributed by atoms with Gasteiger partial charge >= 0.3 is 5.97 Å². The molecule has 0 bridgehead atoms. The number of unbranched alkanes of at least 4 members (excludes halogenated alkanes) is 3. The molecular weight excluding hydrogens is 680 g/mol. The van der Waals surface area contributed by atoms with E-state index < -0.39 is 78.5 Å². The number of nitrogens with one attached hydrogen (secondary N) is 4. The van der Waals surface area contributed by atoms with Crippen molar-refractivity contribution in [3.8, 4) is 0 Å². The van der Waals surface area contributed by atoms with Gasteiger partial charge in [0.05, 0.1) is 25.2 Å². The van der Waals surface area contributed by atoms with Gasteiger partial charge in [-0.15, -0.1) is 0 Å². The van der Waals surface area contributed by atoms with Crippen LogP contribution in [0.25, 0.3) is 0 Å². The summed E-state index contributed by atoms with van der Waals surface area (Å²) in [6, 6.07) is -6.70. The Bertz CT molecular complexity index is 1100. The minimum absolute atomic E-state index is 0.0267. The fourth-order valence-electron chi connectivity index (χ4n) is 4.56. The topological polar surface area (TPSA) is 348 Å². The Balaban J connectivity index is 5.43. The van der Waals surface area contributed by atoms with Crippen molar-refractivity contribution < 1.29 is 64.4 Å². The number of amides is 6. The number of carbonyl (C=O) groups excluding carboxylic acids is 6. The third kappa shape index (κ3) is 19.8. The first-order valence-electron chi connectivity index (χ1n) is 16.9. The number of hydrogen-bond acceptors (Lipinski definition) is 14. The molecule has 0 aliphatic heterocycles. The van der Waals surface area contributed by atoms with E-state index in [4.69, 9.17) is 11.5 Å². The highest BCUT2D eigenvalue weighted by molar-refractivity contribution is 5.97. The van der Waals surface area contributed by atoms with Crippen molar-refractivity contribution in [3.05, 3.63) is 0 Å². The van der Waals surface area contributed by atoms with Crippen LogP contribution in [0.2, 0.25) is 0 Å². The van der Waals surface area contributed by atoms with Crippen molar-refractivity contribution in [2.24, 2.45) is 11.5 Å². The van der Waals surface area contributed by atoms with Crippen LogP contribution in [-0.2, 0) is 33.6 Å². The third-order valence-electron chi connectivity index (χ3n) is 7.59. The van der Waals surface area contributed by atoms with Crippen LogP contribution in [0.15, 0.2) is 0 Å². The van der Waals surface area contributed by atoms with E-state index in [0.29, 0.717) is 42.4 Å². The molecule has 6 atom stereocenters. The number of carboxylic acid groups (broad SMARTS) is 1. The lowest BCUT2D eigenvalue weighted by Gasteiger charge is -2.26. The van der Waals surface area contributed by atoms with Gasteiger partial charge in [-0.2, -0.15) is 0 Å². The number of carboxylic acids is 1. The van der Waals surface area contributed by atoms with Crippen molar-refractivity contribution in [1.29, 1.82) is 0 Å². The Hall–Kier alpha value is -3.99. The SMILES string of the molecule is CCCCC[C@H](O)CC(=O)N(O)CCC[C@@H](N)C(=O)N[C@@H](C(=O)N[C@H](CO)C(=O)N[C@@H](CCCN(O)C=O)C(=O)NCCCCN)[C@@H](O)C(=O)O. The molecule has 0 heterocycles. The van der Waals surface area contributed by atoms with Crippen LogP contribution in [0.4, 0.5) is 0 Å². The minimum atomic E-state index is -2.54. The molecule has 0 fully saturated rings. The molecular formula is C30H56N8O13. The molecule has 21 heteroatoms. The van der Waals surface area contributed by atoms with Crippen molar-refractivity contribution in [1.82, 2.24) is 31.4 Å². The molecule has 0 aromatic rings.